The van der Waals surface area contributed by atoms with Gasteiger partial charge in [-0.25, -0.2) is 4.98 Å². The summed E-state index contributed by atoms with van der Waals surface area (Å²) in [4.78, 5) is 34.8. The van der Waals surface area contributed by atoms with Crippen LogP contribution in [-0.2, 0) is 4.79 Å². The van der Waals surface area contributed by atoms with E-state index in [0.717, 1.165) is 35.7 Å². The SMILES string of the molecule is C=CC(=O)N1CCC(n2c(=O)c(OC[C@@H]3CCCN3C)nc3cc(-c4cc(O)cc5ccccc45)c(Cl)cc32)CC1. The molecule has 0 unspecified atom stereocenters. The van der Waals surface area contributed by atoms with Crippen LogP contribution < -0.4 is 10.3 Å². The Balaban J connectivity index is 1.47. The number of hydrogen-bond acceptors (Lipinski definition) is 6. The fourth-order valence-electron chi connectivity index (χ4n) is 6.22. The van der Waals surface area contributed by atoms with Crippen LogP contribution >= 0.6 is 11.6 Å². The average molecular weight is 573 g/mol. The summed E-state index contributed by atoms with van der Waals surface area (Å²) in [7, 11) is 2.07. The maximum absolute atomic E-state index is 13.9. The van der Waals surface area contributed by atoms with Crippen LogP contribution in [0.2, 0.25) is 5.02 Å². The highest BCUT2D eigenvalue weighted by Crippen LogP contribution is 2.39. The zero-order chi connectivity index (χ0) is 28.7. The van der Waals surface area contributed by atoms with E-state index in [1.54, 1.807) is 27.7 Å². The van der Waals surface area contributed by atoms with Crippen molar-refractivity contribution >= 4 is 39.3 Å². The number of likely N-dealkylation sites (N-methyl/N-ethyl adjacent to an activating group) is 1. The molecule has 2 fully saturated rings. The summed E-state index contributed by atoms with van der Waals surface area (Å²) in [6.07, 6.45) is 4.66. The van der Waals surface area contributed by atoms with Gasteiger partial charge < -0.3 is 19.6 Å². The summed E-state index contributed by atoms with van der Waals surface area (Å²) in [5, 5.41) is 12.8. The minimum Gasteiger partial charge on any atom is -0.508 e. The second-order valence-electron chi connectivity index (χ2n) is 11.0. The lowest BCUT2D eigenvalue weighted by Gasteiger charge is -2.33. The van der Waals surface area contributed by atoms with Crippen LogP contribution in [0.1, 0.15) is 31.7 Å². The molecular formula is C32H33ClN4O4. The molecule has 3 aromatic carbocycles. The number of rotatable bonds is 6. The Morgan fingerprint density at radius 3 is 2.63 bits per heavy atom. The second kappa shape index (κ2) is 11.2. The Hall–Kier alpha value is -3.88. The minimum absolute atomic E-state index is 0.0661. The van der Waals surface area contributed by atoms with E-state index in [2.05, 4.69) is 18.5 Å². The third-order valence-electron chi connectivity index (χ3n) is 8.48. The molecule has 0 radical (unpaired) electrons. The Labute approximate surface area is 243 Å². The van der Waals surface area contributed by atoms with Gasteiger partial charge in [-0.1, -0.05) is 42.4 Å². The molecule has 1 aromatic heterocycles. The predicted molar refractivity (Wildman–Crippen MR) is 162 cm³/mol. The molecule has 0 spiro atoms. The maximum Gasteiger partial charge on any atom is 0.314 e. The van der Waals surface area contributed by atoms with Gasteiger partial charge >= 0.3 is 5.56 Å². The van der Waals surface area contributed by atoms with E-state index < -0.39 is 0 Å². The number of ether oxygens (including phenoxy) is 1. The molecule has 1 amide bonds. The molecule has 212 valence electrons. The number of amides is 1. The van der Waals surface area contributed by atoms with E-state index in [4.69, 9.17) is 21.3 Å². The number of halogens is 1. The van der Waals surface area contributed by atoms with E-state index in [1.165, 1.54) is 6.08 Å². The zero-order valence-electron chi connectivity index (χ0n) is 23.1. The molecule has 41 heavy (non-hydrogen) atoms. The number of likely N-dealkylation sites (tertiary alicyclic amines) is 2. The van der Waals surface area contributed by atoms with Gasteiger partial charge in [-0.05, 0) is 86.0 Å². The number of benzene rings is 3. The molecular weight excluding hydrogens is 540 g/mol. The minimum atomic E-state index is -0.293. The standard InChI is InChI=1S/C32H33ClN4O4/c1-3-30(39)36-13-10-21(11-14-36)37-29-18-27(33)26(25-16-23(38)15-20-7-4-5-9-24(20)25)17-28(29)34-31(32(37)40)41-19-22-8-6-12-35(22)2/h3-5,7,9,15-18,21-22,38H,1,6,8,10-14,19H2,2H3/t22-/m0/s1. The second-order valence-corrected chi connectivity index (χ2v) is 11.4. The number of hydrogen-bond donors (Lipinski definition) is 1. The first kappa shape index (κ1) is 27.3. The Morgan fingerprint density at radius 1 is 1.12 bits per heavy atom. The van der Waals surface area contributed by atoms with Crippen molar-refractivity contribution in [2.45, 2.75) is 37.8 Å². The molecule has 0 aliphatic carbocycles. The summed E-state index contributed by atoms with van der Waals surface area (Å²) in [6.45, 7) is 6.04. The first-order chi connectivity index (χ1) is 19.8. The monoisotopic (exact) mass is 572 g/mol. The zero-order valence-corrected chi connectivity index (χ0v) is 23.8. The van der Waals surface area contributed by atoms with Crippen molar-refractivity contribution < 1.29 is 14.6 Å². The maximum atomic E-state index is 13.9. The lowest BCUT2D eigenvalue weighted by Crippen LogP contribution is -2.40. The third kappa shape index (κ3) is 5.18. The quantitative estimate of drug-likeness (QED) is 0.311. The lowest BCUT2D eigenvalue weighted by atomic mass is 9.97. The number of carbonyl (C=O) groups is 1. The van der Waals surface area contributed by atoms with Crippen molar-refractivity contribution in [1.29, 1.82) is 0 Å². The molecule has 4 aromatic rings. The van der Waals surface area contributed by atoms with Crippen LogP contribution in [0.25, 0.3) is 32.9 Å². The number of nitrogens with zero attached hydrogens (tertiary/aromatic N) is 4. The summed E-state index contributed by atoms with van der Waals surface area (Å²) >= 11 is 6.91. The van der Waals surface area contributed by atoms with Gasteiger partial charge in [0.05, 0.1) is 16.1 Å². The fourth-order valence-corrected chi connectivity index (χ4v) is 6.48. The molecule has 1 N–H and O–H groups in total. The van der Waals surface area contributed by atoms with Crippen molar-refractivity contribution in [3.63, 3.8) is 0 Å². The number of phenolic OH excluding ortho intramolecular Hbond substituents is 1. The average Bonchev–Trinajstić information content (AvgIpc) is 3.39. The first-order valence-electron chi connectivity index (χ1n) is 14.1. The topological polar surface area (TPSA) is 87.9 Å². The van der Waals surface area contributed by atoms with E-state index >= 15 is 0 Å². The Morgan fingerprint density at radius 2 is 1.90 bits per heavy atom. The molecule has 8 nitrogen and oxygen atoms in total. The number of aromatic nitrogens is 2. The van der Waals surface area contributed by atoms with Crippen LogP contribution in [0.4, 0.5) is 0 Å². The van der Waals surface area contributed by atoms with Gasteiger partial charge in [-0.3, -0.25) is 14.2 Å². The van der Waals surface area contributed by atoms with Gasteiger partial charge in [-0.2, -0.15) is 0 Å². The highest BCUT2D eigenvalue weighted by molar-refractivity contribution is 6.34. The van der Waals surface area contributed by atoms with Crippen LogP contribution in [-0.4, -0.2) is 69.7 Å². The number of piperidine rings is 1. The van der Waals surface area contributed by atoms with Crippen LogP contribution in [0.15, 0.2) is 66.0 Å². The van der Waals surface area contributed by atoms with Gasteiger partial charge in [0.25, 0.3) is 5.88 Å². The van der Waals surface area contributed by atoms with E-state index in [0.29, 0.717) is 54.2 Å². The van der Waals surface area contributed by atoms with Crippen LogP contribution in [0.3, 0.4) is 0 Å². The fraction of sp³-hybridized carbons (Fsp3) is 0.344. The summed E-state index contributed by atoms with van der Waals surface area (Å²) in [5.41, 5.74) is 2.39. The van der Waals surface area contributed by atoms with Crippen molar-refractivity contribution in [3.8, 4) is 22.8 Å². The van der Waals surface area contributed by atoms with Gasteiger partial charge in [0, 0.05) is 30.7 Å². The number of fused-ring (bicyclic) bond motifs is 2. The molecule has 3 heterocycles. The number of aromatic hydroxyl groups is 1. The Kier molecular flexibility index (Phi) is 7.45. The van der Waals surface area contributed by atoms with Crippen LogP contribution in [0, 0.1) is 0 Å². The summed E-state index contributed by atoms with van der Waals surface area (Å²) in [5.74, 6) is 0.0980. The van der Waals surface area contributed by atoms with Crippen molar-refractivity contribution in [2.24, 2.45) is 0 Å². The van der Waals surface area contributed by atoms with Crippen molar-refractivity contribution in [1.82, 2.24) is 19.4 Å². The highest BCUT2D eigenvalue weighted by atomic mass is 35.5. The van der Waals surface area contributed by atoms with E-state index in [-0.39, 0.29) is 35.2 Å². The van der Waals surface area contributed by atoms with Crippen molar-refractivity contribution in [2.75, 3.05) is 33.3 Å². The van der Waals surface area contributed by atoms with Gasteiger partial charge in [0.15, 0.2) is 0 Å². The molecule has 0 saturated carbocycles. The van der Waals surface area contributed by atoms with Crippen LogP contribution in [0.5, 0.6) is 11.6 Å². The van der Waals surface area contributed by atoms with Gasteiger partial charge in [0.2, 0.25) is 5.91 Å². The van der Waals surface area contributed by atoms with Gasteiger partial charge in [0.1, 0.15) is 12.4 Å². The molecule has 0 bridgehead atoms. The molecule has 2 saturated heterocycles. The molecule has 2 aliphatic heterocycles. The third-order valence-corrected chi connectivity index (χ3v) is 8.80. The van der Waals surface area contributed by atoms with Crippen molar-refractivity contribution in [3.05, 3.63) is 76.6 Å². The first-order valence-corrected chi connectivity index (χ1v) is 14.4. The highest BCUT2D eigenvalue weighted by Gasteiger charge is 2.28. The largest absolute Gasteiger partial charge is 0.508 e. The summed E-state index contributed by atoms with van der Waals surface area (Å²) in [6, 6.07) is 15.0. The number of carbonyl (C=O) groups excluding carboxylic acids is 1. The lowest BCUT2D eigenvalue weighted by molar-refractivity contribution is -0.127. The molecule has 1 atom stereocenters. The molecule has 2 aliphatic rings. The smallest absolute Gasteiger partial charge is 0.314 e. The van der Waals surface area contributed by atoms with E-state index in [9.17, 15) is 14.7 Å². The predicted octanol–water partition coefficient (Wildman–Crippen LogP) is 5.40. The summed E-state index contributed by atoms with van der Waals surface area (Å²) < 4.78 is 7.89. The normalized spacial score (nSPS) is 18.3. The Bertz CT molecular complexity index is 1710. The van der Waals surface area contributed by atoms with Gasteiger partial charge in [-0.15, -0.1) is 0 Å². The number of phenols is 1. The molecule has 6 rings (SSSR count). The molecule has 9 heteroatoms. The van der Waals surface area contributed by atoms with E-state index in [1.807, 2.05) is 30.3 Å².